The van der Waals surface area contributed by atoms with E-state index in [2.05, 4.69) is 0 Å². The molecule has 48 heavy (non-hydrogen) atoms. The van der Waals surface area contributed by atoms with Crippen molar-refractivity contribution < 1.29 is 85.7 Å². The second-order valence-corrected chi connectivity index (χ2v) is 10.7. The van der Waals surface area contributed by atoms with Gasteiger partial charge in [-0.05, 0) is 13.0 Å². The summed E-state index contributed by atoms with van der Waals surface area (Å²) in [5.74, 6) is -5.80. The first-order valence-corrected chi connectivity index (χ1v) is 14.9. The molecule has 0 bridgehead atoms. The lowest BCUT2D eigenvalue weighted by Crippen LogP contribution is -2.67. The van der Waals surface area contributed by atoms with Gasteiger partial charge in [0.05, 0.1) is 6.61 Å². The molecule has 2 fully saturated rings. The van der Waals surface area contributed by atoms with E-state index in [1.54, 1.807) is 0 Å². The highest BCUT2D eigenvalue weighted by Crippen LogP contribution is 2.35. The van der Waals surface area contributed by atoms with Crippen molar-refractivity contribution in [2.45, 2.75) is 116 Å². The molecule has 2 saturated heterocycles. The molecule has 2 heterocycles. The van der Waals surface area contributed by atoms with E-state index in [4.69, 9.17) is 57.8 Å². The van der Waals surface area contributed by atoms with Crippen LogP contribution in [0.3, 0.4) is 0 Å². The Morgan fingerprint density at radius 1 is 0.500 bits per heavy atom. The van der Waals surface area contributed by atoms with Crippen LogP contribution in [0.15, 0.2) is 0 Å². The van der Waals surface area contributed by atoms with Gasteiger partial charge in [-0.3, -0.25) is 33.6 Å². The molecule has 10 atom stereocenters. The molecule has 2 N–H and O–H groups in total. The minimum atomic E-state index is -1.77. The van der Waals surface area contributed by atoms with E-state index in [9.17, 15) is 33.6 Å². The van der Waals surface area contributed by atoms with E-state index in [-0.39, 0.29) is 13.2 Å². The number of ether oxygens (including phenoxy) is 11. The number of nitrogens with two attached hydrogens (primary N) is 1. The van der Waals surface area contributed by atoms with Gasteiger partial charge in [-0.25, -0.2) is 0 Å². The van der Waals surface area contributed by atoms with Gasteiger partial charge in [-0.2, -0.15) is 0 Å². The molecule has 19 nitrogen and oxygen atoms in total. The minimum absolute atomic E-state index is 0.0250. The molecule has 0 aliphatic carbocycles. The number of carbonyl (C=O) groups is 7. The van der Waals surface area contributed by atoms with Crippen LogP contribution in [-0.4, -0.2) is 130 Å². The molecule has 0 spiro atoms. The summed E-state index contributed by atoms with van der Waals surface area (Å²) in [7, 11) is 0. The largest absolute Gasteiger partial charge is 0.463 e. The van der Waals surface area contributed by atoms with Gasteiger partial charge in [-0.15, -0.1) is 0 Å². The van der Waals surface area contributed by atoms with Crippen molar-refractivity contribution in [3.63, 3.8) is 0 Å². The van der Waals surface area contributed by atoms with Crippen LogP contribution in [0.2, 0.25) is 0 Å². The first kappa shape index (κ1) is 40.3. The lowest BCUT2D eigenvalue weighted by atomic mass is 9.96. The van der Waals surface area contributed by atoms with Gasteiger partial charge in [0, 0.05) is 48.5 Å². The summed E-state index contributed by atoms with van der Waals surface area (Å²) in [4.78, 5) is 84.8. The highest BCUT2D eigenvalue weighted by Gasteiger charge is 2.57. The van der Waals surface area contributed by atoms with Gasteiger partial charge in [0.1, 0.15) is 31.5 Å². The highest BCUT2D eigenvalue weighted by molar-refractivity contribution is 5.69. The van der Waals surface area contributed by atoms with Gasteiger partial charge >= 0.3 is 41.8 Å². The Morgan fingerprint density at radius 3 is 1.31 bits per heavy atom. The SMILES string of the molecule is CC(=O)OC[C@H]1O[C@H](O[C@@H]2[C@H](OC(C)=O)[C@@H](OC(C)=O)[C@H](OCCCN)O[C@@H]2COC(C)=O)[C@H](OC(C)=O)[C@@H](OC(C)=O)[C@H]1OC(C)=O. The number of rotatable bonds is 15. The molecule has 0 aromatic heterocycles. The van der Waals surface area contributed by atoms with Crippen LogP contribution in [0.5, 0.6) is 0 Å². The fraction of sp³-hybridized carbons (Fsp3) is 0.759. The van der Waals surface area contributed by atoms with Crippen molar-refractivity contribution in [2.24, 2.45) is 5.73 Å². The van der Waals surface area contributed by atoms with Crippen molar-refractivity contribution in [3.8, 4) is 0 Å². The Morgan fingerprint density at radius 2 is 0.875 bits per heavy atom. The summed E-state index contributed by atoms with van der Waals surface area (Å²) in [6.07, 6.45) is -14.9. The Kier molecular flexibility index (Phi) is 16.1. The predicted molar refractivity (Wildman–Crippen MR) is 153 cm³/mol. The smallest absolute Gasteiger partial charge is 0.303 e. The molecule has 2 rings (SSSR count). The maximum absolute atomic E-state index is 12.4. The first-order chi connectivity index (χ1) is 22.5. The van der Waals surface area contributed by atoms with Gasteiger partial charge in [0.2, 0.25) is 0 Å². The van der Waals surface area contributed by atoms with Crippen LogP contribution in [0, 0.1) is 0 Å². The monoisotopic (exact) mass is 693 g/mol. The summed E-state index contributed by atoms with van der Waals surface area (Å²) in [5.41, 5.74) is 5.57. The Labute approximate surface area is 276 Å². The van der Waals surface area contributed by atoms with Crippen LogP contribution in [-0.2, 0) is 85.7 Å². The molecule has 0 radical (unpaired) electrons. The summed E-state index contributed by atoms with van der Waals surface area (Å²) < 4.78 is 61.6. The third kappa shape index (κ3) is 12.6. The van der Waals surface area contributed by atoms with Crippen LogP contribution < -0.4 is 5.73 Å². The van der Waals surface area contributed by atoms with E-state index in [1.165, 1.54) is 0 Å². The van der Waals surface area contributed by atoms with Crippen LogP contribution in [0.4, 0.5) is 0 Å². The van der Waals surface area contributed by atoms with E-state index in [0.717, 1.165) is 48.5 Å². The quantitative estimate of drug-likeness (QED) is 0.122. The maximum Gasteiger partial charge on any atom is 0.303 e. The van der Waals surface area contributed by atoms with Crippen molar-refractivity contribution in [1.82, 2.24) is 0 Å². The molecule has 0 amide bonds. The highest BCUT2D eigenvalue weighted by atomic mass is 16.8. The predicted octanol–water partition coefficient (Wildman–Crippen LogP) is -1.03. The van der Waals surface area contributed by atoms with Crippen molar-refractivity contribution in [1.29, 1.82) is 0 Å². The van der Waals surface area contributed by atoms with E-state index >= 15 is 0 Å². The van der Waals surface area contributed by atoms with Crippen LogP contribution in [0.1, 0.15) is 54.9 Å². The minimum Gasteiger partial charge on any atom is -0.463 e. The molecule has 2 aliphatic rings. The average molecular weight is 694 g/mol. The Hall–Kier alpha value is -3.91. The first-order valence-electron chi connectivity index (χ1n) is 14.9. The number of carbonyl (C=O) groups excluding carboxylic acids is 7. The standard InChI is InChI=1S/C29H43NO18/c1-13(31)39-11-20-22(41-15(3)33)24(42-16(4)34)27(45-19(7)37)29(47-20)48-23-21(12-40-14(2)32)46-28(38-10-8-9-30)26(44-18(6)36)25(23)43-17(5)35/h20-29H,8-12,30H2,1-7H3/t20-,21-,22+,23+,24+,25+,26-,27-,28-,29-/m1/s1. The second-order valence-electron chi connectivity index (χ2n) is 10.7. The topological polar surface area (TPSA) is 247 Å². The molecule has 0 aromatic carbocycles. The Balaban J connectivity index is 2.71. The van der Waals surface area contributed by atoms with E-state index in [0.29, 0.717) is 6.42 Å². The van der Waals surface area contributed by atoms with E-state index in [1.807, 2.05) is 0 Å². The molecule has 2 aliphatic heterocycles. The number of hydrogen-bond acceptors (Lipinski definition) is 19. The third-order valence-electron chi connectivity index (χ3n) is 6.52. The zero-order chi connectivity index (χ0) is 36.1. The third-order valence-corrected chi connectivity index (χ3v) is 6.52. The summed E-state index contributed by atoms with van der Waals surface area (Å²) >= 11 is 0. The summed E-state index contributed by atoms with van der Waals surface area (Å²) in [5, 5.41) is 0. The number of hydrogen-bond donors (Lipinski definition) is 1. The van der Waals surface area contributed by atoms with Gasteiger partial charge in [0.25, 0.3) is 0 Å². The van der Waals surface area contributed by atoms with E-state index < -0.39 is 116 Å². The average Bonchev–Trinajstić information content (AvgIpc) is 2.95. The maximum atomic E-state index is 12.4. The van der Waals surface area contributed by atoms with Gasteiger partial charge in [-0.1, -0.05) is 0 Å². The molecule has 19 heteroatoms. The number of esters is 7. The lowest BCUT2D eigenvalue weighted by molar-refractivity contribution is -0.361. The van der Waals surface area contributed by atoms with Crippen molar-refractivity contribution >= 4 is 41.8 Å². The Bertz CT molecular complexity index is 1160. The molecule has 0 aromatic rings. The molecule has 0 unspecified atom stereocenters. The molecule has 0 saturated carbocycles. The normalized spacial score (nSPS) is 29.8. The zero-order valence-corrected chi connectivity index (χ0v) is 27.7. The fourth-order valence-corrected chi connectivity index (χ4v) is 4.89. The van der Waals surface area contributed by atoms with Crippen LogP contribution in [0.25, 0.3) is 0 Å². The molecule has 272 valence electrons. The molecular formula is C29H43NO18. The van der Waals surface area contributed by atoms with Crippen LogP contribution >= 0.6 is 0 Å². The van der Waals surface area contributed by atoms with Crippen molar-refractivity contribution in [2.75, 3.05) is 26.4 Å². The van der Waals surface area contributed by atoms with Crippen molar-refractivity contribution in [3.05, 3.63) is 0 Å². The van der Waals surface area contributed by atoms with Gasteiger partial charge in [0.15, 0.2) is 43.1 Å². The zero-order valence-electron chi connectivity index (χ0n) is 27.7. The second kappa shape index (κ2) is 19.2. The fourth-order valence-electron chi connectivity index (χ4n) is 4.89. The van der Waals surface area contributed by atoms with Gasteiger partial charge < -0.3 is 57.8 Å². The molecular weight excluding hydrogens is 650 g/mol. The summed E-state index contributed by atoms with van der Waals surface area (Å²) in [6, 6.07) is 0. The summed E-state index contributed by atoms with van der Waals surface area (Å²) in [6.45, 7) is 6.69. The lowest BCUT2D eigenvalue weighted by Gasteiger charge is -2.48.